The fourth-order valence-corrected chi connectivity index (χ4v) is 5.72. The molecular formula is C30H25ClN4O5. The van der Waals surface area contributed by atoms with Gasteiger partial charge in [0.2, 0.25) is 0 Å². The van der Waals surface area contributed by atoms with Crippen LogP contribution in [0.15, 0.2) is 89.4 Å². The minimum absolute atomic E-state index is 0.0352. The summed E-state index contributed by atoms with van der Waals surface area (Å²) in [7, 11) is 3.03. The molecule has 0 saturated heterocycles. The van der Waals surface area contributed by atoms with Crippen LogP contribution in [0.1, 0.15) is 35.8 Å². The van der Waals surface area contributed by atoms with Crippen LogP contribution in [0.25, 0.3) is 0 Å². The zero-order chi connectivity index (χ0) is 28.6. The first-order valence-electron chi connectivity index (χ1n) is 12.5. The number of ketones is 1. The molecule has 3 aromatic rings. The molecule has 202 valence electrons. The van der Waals surface area contributed by atoms with Gasteiger partial charge in [0.05, 0.1) is 47.4 Å². The molecule has 40 heavy (non-hydrogen) atoms. The molecule has 0 bridgehead atoms. The first-order chi connectivity index (χ1) is 19.3. The zero-order valence-electron chi connectivity index (χ0n) is 21.8. The number of Topliss-reactive ketones (excluding diaryl/α,β-unsaturated/α-hetero) is 1. The monoisotopic (exact) mass is 556 g/mol. The van der Waals surface area contributed by atoms with Gasteiger partial charge in [-0.15, -0.1) is 0 Å². The average Bonchev–Trinajstić information content (AvgIpc) is 2.97. The molecule has 0 amide bonds. The minimum Gasteiger partial charge on any atom is -0.497 e. The molecule has 3 aromatic carbocycles. The van der Waals surface area contributed by atoms with Gasteiger partial charge in [-0.2, -0.15) is 5.26 Å². The maximum Gasteiger partial charge on any atom is 0.271 e. The lowest BCUT2D eigenvalue weighted by Crippen LogP contribution is -2.40. The van der Waals surface area contributed by atoms with Crippen LogP contribution in [0.5, 0.6) is 11.5 Å². The number of nitrogens with zero attached hydrogens (tertiary/aromatic N) is 3. The largest absolute Gasteiger partial charge is 0.497 e. The van der Waals surface area contributed by atoms with E-state index in [4.69, 9.17) is 26.8 Å². The van der Waals surface area contributed by atoms with E-state index < -0.39 is 10.8 Å². The Labute approximate surface area is 235 Å². The zero-order valence-corrected chi connectivity index (χ0v) is 22.5. The number of nitrogens with two attached hydrogens (primary N) is 1. The van der Waals surface area contributed by atoms with Crippen molar-refractivity contribution in [2.75, 3.05) is 19.1 Å². The summed E-state index contributed by atoms with van der Waals surface area (Å²) in [6, 6.07) is 21.0. The Balaban J connectivity index is 1.79. The molecule has 2 atom stereocenters. The van der Waals surface area contributed by atoms with Gasteiger partial charge in [0.1, 0.15) is 17.3 Å². The molecule has 0 spiro atoms. The number of ether oxygens (including phenoxy) is 2. The second kappa shape index (κ2) is 10.8. The van der Waals surface area contributed by atoms with Gasteiger partial charge in [-0.1, -0.05) is 48.0 Å². The van der Waals surface area contributed by atoms with Crippen LogP contribution < -0.4 is 20.1 Å². The van der Waals surface area contributed by atoms with Gasteiger partial charge < -0.3 is 15.2 Å². The third-order valence-corrected chi connectivity index (χ3v) is 7.69. The number of allylic oxidation sites excluding steroid dienone is 3. The van der Waals surface area contributed by atoms with E-state index in [-0.39, 0.29) is 45.9 Å². The molecule has 0 aromatic heterocycles. The molecule has 0 unspecified atom stereocenters. The van der Waals surface area contributed by atoms with Crippen molar-refractivity contribution in [2.24, 2.45) is 5.73 Å². The van der Waals surface area contributed by atoms with E-state index in [1.807, 2.05) is 30.3 Å². The number of nitro benzene ring substituents is 1. The molecule has 1 heterocycles. The number of rotatable bonds is 6. The maximum atomic E-state index is 14.1. The lowest BCUT2D eigenvalue weighted by atomic mass is 9.71. The first-order valence-corrected chi connectivity index (χ1v) is 12.8. The second-order valence-electron chi connectivity index (χ2n) is 9.48. The number of nitro groups is 1. The van der Waals surface area contributed by atoms with Crippen LogP contribution in [-0.2, 0) is 4.79 Å². The maximum absolute atomic E-state index is 14.1. The quantitative estimate of drug-likeness (QED) is 0.290. The Morgan fingerprint density at radius 1 is 1.07 bits per heavy atom. The number of carbonyl (C=O) groups excluding carboxylic acids is 1. The van der Waals surface area contributed by atoms with Gasteiger partial charge >= 0.3 is 0 Å². The van der Waals surface area contributed by atoms with E-state index in [2.05, 4.69) is 6.07 Å². The second-order valence-corrected chi connectivity index (χ2v) is 9.89. The Morgan fingerprint density at radius 2 is 1.82 bits per heavy atom. The van der Waals surface area contributed by atoms with Crippen molar-refractivity contribution in [1.29, 1.82) is 5.26 Å². The topological polar surface area (TPSA) is 132 Å². The van der Waals surface area contributed by atoms with Crippen LogP contribution in [0, 0.1) is 21.4 Å². The standard InChI is InChI=1S/C30H25ClN4O5/c1-39-20-9-10-21(27(15-20)40-2)28-22(16-32)30(33)34(24-14-19(35(37)38)8-11-23(24)31)25-12-18(13-26(36)29(25)28)17-6-4-3-5-7-17/h3-11,14-15,18,28H,12-13,33H2,1-2H3/t18-,28-/m1/s1. The van der Waals surface area contributed by atoms with Crippen LogP contribution in [0.3, 0.4) is 0 Å². The number of carbonyl (C=O) groups is 1. The number of nitriles is 1. The molecule has 9 nitrogen and oxygen atoms in total. The molecule has 2 aliphatic rings. The van der Waals surface area contributed by atoms with Crippen LogP contribution in [0.2, 0.25) is 5.02 Å². The summed E-state index contributed by atoms with van der Waals surface area (Å²) in [5.41, 5.74) is 9.30. The van der Waals surface area contributed by atoms with Gasteiger partial charge in [0.15, 0.2) is 5.78 Å². The number of benzene rings is 3. The lowest BCUT2D eigenvalue weighted by Gasteiger charge is -2.42. The molecule has 1 aliphatic carbocycles. The van der Waals surface area contributed by atoms with Crippen molar-refractivity contribution in [3.63, 3.8) is 0 Å². The van der Waals surface area contributed by atoms with Crippen molar-refractivity contribution >= 4 is 28.8 Å². The van der Waals surface area contributed by atoms with Crippen molar-refractivity contribution in [3.8, 4) is 17.6 Å². The highest BCUT2D eigenvalue weighted by Crippen LogP contribution is 2.52. The molecule has 1 aliphatic heterocycles. The van der Waals surface area contributed by atoms with E-state index in [0.29, 0.717) is 34.8 Å². The van der Waals surface area contributed by atoms with E-state index in [1.54, 1.807) is 18.2 Å². The predicted octanol–water partition coefficient (Wildman–Crippen LogP) is 5.96. The highest BCUT2D eigenvalue weighted by Gasteiger charge is 2.44. The third kappa shape index (κ3) is 4.52. The lowest BCUT2D eigenvalue weighted by molar-refractivity contribution is -0.384. The predicted molar refractivity (Wildman–Crippen MR) is 150 cm³/mol. The first kappa shape index (κ1) is 26.8. The summed E-state index contributed by atoms with van der Waals surface area (Å²) in [6.07, 6.45) is 0.603. The molecular weight excluding hydrogens is 532 g/mol. The SMILES string of the molecule is COc1ccc([C@@H]2C(C#N)=C(N)N(c3cc([N+](=O)[O-])ccc3Cl)C3=C2C(=O)C[C@H](c2ccccc2)C3)c(OC)c1. The van der Waals surface area contributed by atoms with Gasteiger partial charge in [-0.25, -0.2) is 0 Å². The number of halogens is 1. The van der Waals surface area contributed by atoms with Gasteiger partial charge in [0, 0.05) is 41.5 Å². The van der Waals surface area contributed by atoms with Crippen LogP contribution in [0.4, 0.5) is 11.4 Å². The van der Waals surface area contributed by atoms with Gasteiger partial charge in [0.25, 0.3) is 5.69 Å². The fraction of sp³-hybridized carbons (Fsp3) is 0.200. The molecule has 5 rings (SSSR count). The molecule has 0 saturated carbocycles. The van der Waals surface area contributed by atoms with E-state index >= 15 is 0 Å². The summed E-state index contributed by atoms with van der Waals surface area (Å²) < 4.78 is 11.0. The number of methoxy groups -OCH3 is 2. The summed E-state index contributed by atoms with van der Waals surface area (Å²) in [4.78, 5) is 26.7. The Bertz CT molecular complexity index is 1630. The number of hydrogen-bond donors (Lipinski definition) is 1. The minimum atomic E-state index is -0.821. The van der Waals surface area contributed by atoms with E-state index in [9.17, 15) is 20.2 Å². The molecule has 10 heteroatoms. The summed E-state index contributed by atoms with van der Waals surface area (Å²) in [5, 5.41) is 22.2. The van der Waals surface area contributed by atoms with Crippen molar-refractivity contribution in [1.82, 2.24) is 0 Å². The fourth-order valence-electron chi connectivity index (χ4n) is 5.52. The van der Waals surface area contributed by atoms with E-state index in [0.717, 1.165) is 5.56 Å². The van der Waals surface area contributed by atoms with E-state index in [1.165, 1.54) is 37.3 Å². The van der Waals surface area contributed by atoms with Crippen molar-refractivity contribution in [3.05, 3.63) is 116 Å². The summed E-state index contributed by atoms with van der Waals surface area (Å²) in [5.74, 6) is -0.152. The Kier molecular flexibility index (Phi) is 7.20. The number of non-ortho nitro benzene ring substituents is 1. The van der Waals surface area contributed by atoms with Crippen molar-refractivity contribution in [2.45, 2.75) is 24.7 Å². The van der Waals surface area contributed by atoms with Crippen LogP contribution >= 0.6 is 11.6 Å². The Hall–Kier alpha value is -4.81. The van der Waals surface area contributed by atoms with Crippen LogP contribution in [-0.4, -0.2) is 24.9 Å². The normalized spacial score (nSPS) is 18.8. The summed E-state index contributed by atoms with van der Waals surface area (Å²) in [6.45, 7) is 0. The van der Waals surface area contributed by atoms with Gasteiger partial charge in [-0.3, -0.25) is 19.8 Å². The number of hydrogen-bond acceptors (Lipinski definition) is 8. The molecule has 0 radical (unpaired) electrons. The Morgan fingerprint density at radius 3 is 2.48 bits per heavy atom. The highest BCUT2D eigenvalue weighted by molar-refractivity contribution is 6.33. The van der Waals surface area contributed by atoms with Crippen molar-refractivity contribution < 1.29 is 19.2 Å². The molecule has 0 fully saturated rings. The third-order valence-electron chi connectivity index (χ3n) is 7.37. The average molecular weight is 557 g/mol. The number of anilines is 1. The van der Waals surface area contributed by atoms with Gasteiger partial charge in [-0.05, 0) is 30.0 Å². The highest BCUT2D eigenvalue weighted by atomic mass is 35.5. The summed E-state index contributed by atoms with van der Waals surface area (Å²) >= 11 is 6.58. The smallest absolute Gasteiger partial charge is 0.271 e. The molecule has 2 N–H and O–H groups in total.